The first-order valence-corrected chi connectivity index (χ1v) is 6.29. The summed E-state index contributed by atoms with van der Waals surface area (Å²) in [6.45, 7) is 0. The van der Waals surface area contributed by atoms with E-state index in [0.717, 1.165) is 12.1 Å². The summed E-state index contributed by atoms with van der Waals surface area (Å²) < 4.78 is 45.4. The molecule has 0 atom stereocenters. The molecule has 0 bridgehead atoms. The molecule has 5 nitrogen and oxygen atoms in total. The number of nitrogens with one attached hydrogen (secondary N) is 1. The number of amidine groups is 1. The van der Waals surface area contributed by atoms with E-state index in [2.05, 4.69) is 15.0 Å². The zero-order valence-electron chi connectivity index (χ0n) is 11.5. The Morgan fingerprint density at radius 1 is 1.00 bits per heavy atom. The summed E-state index contributed by atoms with van der Waals surface area (Å²) in [6.07, 6.45) is -3.17. The predicted octanol–water partition coefficient (Wildman–Crippen LogP) is 3.91. The van der Waals surface area contributed by atoms with Gasteiger partial charge in [-0.05, 0) is 36.4 Å². The van der Waals surface area contributed by atoms with Crippen molar-refractivity contribution in [2.45, 2.75) is 6.36 Å². The number of para-hydroxylation sites is 1. The first kappa shape index (κ1) is 16.2. The van der Waals surface area contributed by atoms with Gasteiger partial charge in [-0.15, -0.1) is 18.2 Å². The molecule has 1 N–H and O–H groups in total. The topological polar surface area (TPSA) is 66.6 Å². The predicted molar refractivity (Wildman–Crippen MR) is 76.9 cm³/mol. The fraction of sp³-hybridized carbons (Fsp3) is 0.0667. The lowest BCUT2D eigenvalue weighted by atomic mass is 10.3. The van der Waals surface area contributed by atoms with Crippen LogP contribution in [0.3, 0.4) is 0 Å². The Hall–Kier alpha value is -3.21. The van der Waals surface area contributed by atoms with Gasteiger partial charge in [0.25, 0.3) is 0 Å². The number of alkyl halides is 3. The maximum Gasteiger partial charge on any atom is 0.573 e. The van der Waals surface area contributed by atoms with E-state index in [9.17, 15) is 13.2 Å². The third-order valence-corrected chi connectivity index (χ3v) is 2.45. The lowest BCUT2D eigenvalue weighted by Crippen LogP contribution is -2.19. The quantitative estimate of drug-likeness (QED) is 0.529. The average molecular weight is 321 g/mol. The second kappa shape index (κ2) is 7.17. The molecule has 0 radical (unpaired) electrons. The number of nitriles is 1. The molecule has 0 spiro atoms. The molecule has 23 heavy (non-hydrogen) atoms. The summed E-state index contributed by atoms with van der Waals surface area (Å²) >= 11 is 0. The van der Waals surface area contributed by atoms with Crippen LogP contribution in [0.1, 0.15) is 0 Å². The third-order valence-electron chi connectivity index (χ3n) is 2.45. The zero-order valence-corrected chi connectivity index (χ0v) is 11.5. The fourth-order valence-electron chi connectivity index (χ4n) is 1.59. The smallest absolute Gasteiger partial charge is 0.425 e. The molecule has 2 aromatic rings. The first-order valence-electron chi connectivity index (χ1n) is 6.29. The monoisotopic (exact) mass is 321 g/mol. The van der Waals surface area contributed by atoms with Crippen molar-refractivity contribution in [2.24, 2.45) is 4.99 Å². The summed E-state index contributed by atoms with van der Waals surface area (Å²) in [5, 5.41) is 11.3. The maximum atomic E-state index is 12.1. The van der Waals surface area contributed by atoms with Crippen LogP contribution in [0.5, 0.6) is 11.5 Å². The largest absolute Gasteiger partial charge is 0.573 e. The van der Waals surface area contributed by atoms with Crippen molar-refractivity contribution in [3.8, 4) is 17.7 Å². The van der Waals surface area contributed by atoms with Crippen LogP contribution in [0.25, 0.3) is 0 Å². The number of nitrogens with zero attached hydrogens (tertiary/aromatic N) is 2. The number of halogens is 3. The first-order chi connectivity index (χ1) is 11.0. The molecular weight excluding hydrogens is 311 g/mol. The Morgan fingerprint density at radius 2 is 1.65 bits per heavy atom. The molecule has 0 aromatic heterocycles. The van der Waals surface area contributed by atoms with Crippen LogP contribution in [-0.4, -0.2) is 12.4 Å². The van der Waals surface area contributed by atoms with Crippen LogP contribution in [0.4, 0.5) is 18.9 Å². The number of benzene rings is 2. The molecule has 0 amide bonds. The number of hydrogen-bond acceptors (Lipinski definition) is 4. The highest BCUT2D eigenvalue weighted by atomic mass is 19.4. The van der Waals surface area contributed by atoms with Gasteiger partial charge in [-0.3, -0.25) is 0 Å². The Morgan fingerprint density at radius 3 is 2.22 bits per heavy atom. The highest BCUT2D eigenvalue weighted by Gasteiger charge is 2.30. The highest BCUT2D eigenvalue weighted by Crippen LogP contribution is 2.24. The highest BCUT2D eigenvalue weighted by molar-refractivity contribution is 5.91. The van der Waals surface area contributed by atoms with Gasteiger partial charge in [-0.2, -0.15) is 5.26 Å². The fourth-order valence-corrected chi connectivity index (χ4v) is 1.59. The van der Waals surface area contributed by atoms with Crippen molar-refractivity contribution < 1.29 is 22.6 Å². The number of ether oxygens (including phenoxy) is 2. The van der Waals surface area contributed by atoms with Gasteiger partial charge in [0.2, 0.25) is 6.19 Å². The minimum absolute atomic E-state index is 0.108. The van der Waals surface area contributed by atoms with Gasteiger partial charge < -0.3 is 14.8 Å². The molecule has 2 rings (SSSR count). The normalized spacial score (nSPS) is 11.5. The number of aliphatic imine (C=N–C) groups is 1. The van der Waals surface area contributed by atoms with Crippen molar-refractivity contribution in [1.82, 2.24) is 0 Å². The Kier molecular flexibility index (Phi) is 5.04. The second-order valence-corrected chi connectivity index (χ2v) is 4.13. The summed E-state index contributed by atoms with van der Waals surface area (Å²) in [5.74, 6) is 0.0943. The number of rotatable bonds is 3. The van der Waals surface area contributed by atoms with Crippen molar-refractivity contribution in [1.29, 1.82) is 5.26 Å². The molecular formula is C15H10F3N3O2. The second-order valence-electron chi connectivity index (χ2n) is 4.13. The van der Waals surface area contributed by atoms with Gasteiger partial charge in [-0.25, -0.2) is 0 Å². The number of anilines is 1. The minimum Gasteiger partial charge on any atom is -0.425 e. The van der Waals surface area contributed by atoms with E-state index in [-0.39, 0.29) is 11.8 Å². The van der Waals surface area contributed by atoms with Crippen LogP contribution < -0.4 is 14.8 Å². The van der Waals surface area contributed by atoms with Crippen LogP contribution in [-0.2, 0) is 0 Å². The number of hydrogen-bond donors (Lipinski definition) is 1. The van der Waals surface area contributed by atoms with Crippen LogP contribution in [0.15, 0.2) is 59.6 Å². The molecule has 0 aliphatic carbocycles. The van der Waals surface area contributed by atoms with Gasteiger partial charge in [0, 0.05) is 5.69 Å². The van der Waals surface area contributed by atoms with Gasteiger partial charge >= 0.3 is 12.4 Å². The summed E-state index contributed by atoms with van der Waals surface area (Å²) in [5.41, 5.74) is 0.379. The molecule has 0 aliphatic heterocycles. The standard InChI is InChI=1S/C15H10F3N3O2/c16-15(17,18)23-13-8-6-11(7-9-13)21-14(20-10-19)22-12-4-2-1-3-5-12/h1-9H,(H,20,21). The third kappa shape index (κ3) is 5.59. The van der Waals surface area contributed by atoms with Crippen molar-refractivity contribution in [3.63, 3.8) is 0 Å². The molecule has 0 saturated heterocycles. The van der Waals surface area contributed by atoms with E-state index in [0.29, 0.717) is 11.4 Å². The van der Waals surface area contributed by atoms with E-state index < -0.39 is 6.36 Å². The molecule has 0 fully saturated rings. The van der Waals surface area contributed by atoms with E-state index in [1.165, 1.54) is 12.1 Å². The van der Waals surface area contributed by atoms with Crippen LogP contribution in [0, 0.1) is 11.5 Å². The molecule has 8 heteroatoms. The van der Waals surface area contributed by atoms with Crippen LogP contribution in [0.2, 0.25) is 0 Å². The SMILES string of the molecule is N#CN=C(Nc1ccc(OC(F)(F)F)cc1)Oc1ccccc1. The Bertz CT molecular complexity index is 707. The van der Waals surface area contributed by atoms with Gasteiger partial charge in [0.1, 0.15) is 11.5 Å². The Labute approximate surface area is 129 Å². The molecule has 2 aromatic carbocycles. The van der Waals surface area contributed by atoms with Gasteiger partial charge in [0.15, 0.2) is 0 Å². The van der Waals surface area contributed by atoms with E-state index in [1.54, 1.807) is 36.5 Å². The summed E-state index contributed by atoms with van der Waals surface area (Å²) in [6, 6.07) is 13.4. The van der Waals surface area contributed by atoms with Gasteiger partial charge in [-0.1, -0.05) is 18.2 Å². The van der Waals surface area contributed by atoms with Crippen molar-refractivity contribution in [2.75, 3.05) is 5.32 Å². The molecule has 0 unspecified atom stereocenters. The molecule has 118 valence electrons. The van der Waals surface area contributed by atoms with E-state index in [1.807, 2.05) is 0 Å². The molecule has 0 aliphatic rings. The van der Waals surface area contributed by atoms with E-state index >= 15 is 0 Å². The lowest BCUT2D eigenvalue weighted by Gasteiger charge is -2.11. The van der Waals surface area contributed by atoms with Crippen LogP contribution >= 0.6 is 0 Å². The maximum absolute atomic E-state index is 12.1. The lowest BCUT2D eigenvalue weighted by molar-refractivity contribution is -0.274. The average Bonchev–Trinajstić information content (AvgIpc) is 2.49. The summed E-state index contributed by atoms with van der Waals surface area (Å²) in [4.78, 5) is 3.47. The zero-order chi connectivity index (χ0) is 16.7. The van der Waals surface area contributed by atoms with Gasteiger partial charge in [0.05, 0.1) is 0 Å². The van der Waals surface area contributed by atoms with Crippen molar-refractivity contribution >= 4 is 11.7 Å². The van der Waals surface area contributed by atoms with E-state index in [4.69, 9.17) is 10.00 Å². The summed E-state index contributed by atoms with van der Waals surface area (Å²) in [7, 11) is 0. The Balaban J connectivity index is 2.06. The molecule has 0 heterocycles. The van der Waals surface area contributed by atoms with Crippen molar-refractivity contribution in [3.05, 3.63) is 54.6 Å². The molecule has 0 saturated carbocycles. The minimum atomic E-state index is -4.75.